The van der Waals surface area contributed by atoms with Crippen molar-refractivity contribution in [1.29, 1.82) is 0 Å². The smallest absolute Gasteiger partial charge is 0.260 e. The molecule has 1 N–H and O–H groups in total. The van der Waals surface area contributed by atoms with Crippen LogP contribution < -0.4 is 5.56 Å². The van der Waals surface area contributed by atoms with Gasteiger partial charge in [-0.2, -0.15) is 0 Å². The number of nitrogens with one attached hydrogen (secondary N) is 1. The van der Waals surface area contributed by atoms with Crippen molar-refractivity contribution in [3.8, 4) is 11.1 Å². The van der Waals surface area contributed by atoms with Crippen molar-refractivity contribution in [3.63, 3.8) is 0 Å². The van der Waals surface area contributed by atoms with Gasteiger partial charge >= 0.3 is 0 Å². The summed E-state index contributed by atoms with van der Waals surface area (Å²) in [6.45, 7) is 4.02. The van der Waals surface area contributed by atoms with Crippen LogP contribution in [-0.2, 0) is 0 Å². The lowest BCUT2D eigenvalue weighted by Gasteiger charge is -2.04. The number of hydrogen-bond acceptors (Lipinski definition) is 3. The number of fused-ring (bicyclic) bond motifs is 1. The Balaban J connectivity index is 2.24. The molecule has 2 heterocycles. The van der Waals surface area contributed by atoms with Crippen LogP contribution in [0.15, 0.2) is 34.4 Å². The van der Waals surface area contributed by atoms with Crippen molar-refractivity contribution in [2.45, 2.75) is 19.8 Å². The van der Waals surface area contributed by atoms with E-state index in [1.165, 1.54) is 11.3 Å². The second-order valence-corrected chi connectivity index (χ2v) is 6.24. The molecule has 0 fully saturated rings. The molecule has 0 bridgehead atoms. The molecule has 0 atom stereocenters. The minimum Gasteiger partial charge on any atom is -0.310 e. The van der Waals surface area contributed by atoms with Crippen molar-refractivity contribution >= 4 is 33.2 Å². The van der Waals surface area contributed by atoms with Crippen LogP contribution in [0.5, 0.6) is 0 Å². The zero-order valence-electron chi connectivity index (χ0n) is 11.1. The predicted octanol–water partition coefficient (Wildman–Crippen LogP) is 4.43. The van der Waals surface area contributed by atoms with E-state index in [0.717, 1.165) is 21.8 Å². The summed E-state index contributed by atoms with van der Waals surface area (Å²) in [5, 5.41) is 3.31. The number of aromatic amines is 1. The lowest BCUT2D eigenvalue weighted by atomic mass is 10.1. The lowest BCUT2D eigenvalue weighted by Crippen LogP contribution is -2.12. The third-order valence-corrected chi connectivity index (χ3v) is 4.29. The first-order valence-corrected chi connectivity index (χ1v) is 7.59. The van der Waals surface area contributed by atoms with Gasteiger partial charge in [-0.25, -0.2) is 4.98 Å². The van der Waals surface area contributed by atoms with Gasteiger partial charge in [0.1, 0.15) is 10.7 Å². The second kappa shape index (κ2) is 5.04. The minimum atomic E-state index is -0.0788. The Hall–Kier alpha value is -1.65. The highest BCUT2D eigenvalue weighted by molar-refractivity contribution is 7.17. The normalized spacial score (nSPS) is 11.4. The van der Waals surface area contributed by atoms with Crippen molar-refractivity contribution in [2.75, 3.05) is 0 Å². The zero-order valence-corrected chi connectivity index (χ0v) is 12.7. The van der Waals surface area contributed by atoms with Crippen LogP contribution in [0.4, 0.5) is 0 Å². The van der Waals surface area contributed by atoms with E-state index in [1.807, 2.05) is 43.5 Å². The largest absolute Gasteiger partial charge is 0.310 e. The number of H-pyrrole nitrogens is 1. The summed E-state index contributed by atoms with van der Waals surface area (Å²) < 4.78 is 0. The maximum atomic E-state index is 12.3. The maximum absolute atomic E-state index is 12.3. The number of nitrogens with zero attached hydrogens (tertiary/aromatic N) is 1. The molecule has 0 aliphatic heterocycles. The SMILES string of the molecule is CC(C)c1nc2scc(-c3ccc(Cl)cc3)c2c(=O)[nH]1. The van der Waals surface area contributed by atoms with Gasteiger partial charge in [0.25, 0.3) is 5.56 Å². The summed E-state index contributed by atoms with van der Waals surface area (Å²) in [6, 6.07) is 7.48. The number of aromatic nitrogens is 2. The first-order chi connectivity index (χ1) is 9.56. The number of hydrogen-bond donors (Lipinski definition) is 1. The molecule has 3 rings (SSSR count). The maximum Gasteiger partial charge on any atom is 0.260 e. The monoisotopic (exact) mass is 304 g/mol. The number of halogens is 1. The van der Waals surface area contributed by atoms with Crippen LogP contribution in [0, 0.1) is 0 Å². The Morgan fingerprint density at radius 2 is 1.95 bits per heavy atom. The topological polar surface area (TPSA) is 45.8 Å². The molecule has 0 saturated carbocycles. The molecule has 0 saturated heterocycles. The molecule has 102 valence electrons. The number of benzene rings is 1. The molecule has 0 aliphatic rings. The summed E-state index contributed by atoms with van der Waals surface area (Å²) in [5.74, 6) is 0.931. The average molecular weight is 305 g/mol. The van der Waals surface area contributed by atoms with Crippen LogP contribution in [-0.4, -0.2) is 9.97 Å². The molecule has 1 aromatic carbocycles. The van der Waals surface area contributed by atoms with Gasteiger partial charge in [-0.3, -0.25) is 4.79 Å². The minimum absolute atomic E-state index is 0.0788. The van der Waals surface area contributed by atoms with Gasteiger partial charge in [0, 0.05) is 21.9 Å². The van der Waals surface area contributed by atoms with E-state index in [-0.39, 0.29) is 11.5 Å². The Kier molecular flexibility index (Phi) is 3.36. The van der Waals surface area contributed by atoms with Crippen LogP contribution in [0.25, 0.3) is 21.3 Å². The Morgan fingerprint density at radius 1 is 1.25 bits per heavy atom. The van der Waals surface area contributed by atoms with E-state index < -0.39 is 0 Å². The third kappa shape index (κ3) is 2.25. The second-order valence-electron chi connectivity index (χ2n) is 4.94. The van der Waals surface area contributed by atoms with Crippen molar-refractivity contribution in [2.24, 2.45) is 0 Å². The summed E-state index contributed by atoms with van der Waals surface area (Å²) in [4.78, 5) is 20.5. The fraction of sp³-hybridized carbons (Fsp3) is 0.200. The molecule has 20 heavy (non-hydrogen) atoms. The van der Waals surface area contributed by atoms with Gasteiger partial charge in [0.2, 0.25) is 0 Å². The highest BCUT2D eigenvalue weighted by Crippen LogP contribution is 2.31. The summed E-state index contributed by atoms with van der Waals surface area (Å²) in [6.07, 6.45) is 0. The highest BCUT2D eigenvalue weighted by atomic mass is 35.5. The predicted molar refractivity (Wildman–Crippen MR) is 84.8 cm³/mol. The van der Waals surface area contributed by atoms with E-state index >= 15 is 0 Å². The molecule has 0 aliphatic carbocycles. The summed E-state index contributed by atoms with van der Waals surface area (Å²) in [5.41, 5.74) is 1.81. The molecule has 0 amide bonds. The molecule has 3 nitrogen and oxygen atoms in total. The molecule has 2 aromatic heterocycles. The third-order valence-electron chi connectivity index (χ3n) is 3.16. The van der Waals surface area contributed by atoms with E-state index in [4.69, 9.17) is 11.6 Å². The first-order valence-electron chi connectivity index (χ1n) is 6.33. The Bertz CT molecular complexity index is 818. The van der Waals surface area contributed by atoms with Gasteiger partial charge in [-0.1, -0.05) is 37.6 Å². The van der Waals surface area contributed by atoms with Crippen LogP contribution in [0.2, 0.25) is 5.02 Å². The van der Waals surface area contributed by atoms with Gasteiger partial charge in [-0.05, 0) is 17.7 Å². The summed E-state index contributed by atoms with van der Waals surface area (Å²) >= 11 is 7.40. The van der Waals surface area contributed by atoms with Gasteiger partial charge in [0.05, 0.1) is 5.39 Å². The molecular weight excluding hydrogens is 292 g/mol. The molecule has 3 aromatic rings. The standard InChI is InChI=1S/C15H13ClN2OS/c1-8(2)13-17-14(19)12-11(7-20-15(12)18-13)9-3-5-10(16)6-4-9/h3-8H,1-2H3,(H,17,18,19). The van der Waals surface area contributed by atoms with Gasteiger partial charge in [0.15, 0.2) is 0 Å². The van der Waals surface area contributed by atoms with E-state index in [0.29, 0.717) is 10.4 Å². The van der Waals surface area contributed by atoms with Crippen molar-refractivity contribution in [3.05, 3.63) is 50.8 Å². The quantitative estimate of drug-likeness (QED) is 0.761. The Labute approximate surface area is 125 Å². The first kappa shape index (κ1) is 13.3. The fourth-order valence-corrected chi connectivity index (χ4v) is 3.16. The molecular formula is C15H13ClN2OS. The van der Waals surface area contributed by atoms with E-state index in [9.17, 15) is 4.79 Å². The van der Waals surface area contributed by atoms with Gasteiger partial charge < -0.3 is 4.98 Å². The van der Waals surface area contributed by atoms with E-state index in [1.54, 1.807) is 0 Å². The average Bonchev–Trinajstić information content (AvgIpc) is 2.84. The van der Waals surface area contributed by atoms with Gasteiger partial charge in [-0.15, -0.1) is 11.3 Å². The van der Waals surface area contributed by atoms with Crippen molar-refractivity contribution < 1.29 is 0 Å². The van der Waals surface area contributed by atoms with E-state index in [2.05, 4.69) is 9.97 Å². The summed E-state index contributed by atoms with van der Waals surface area (Å²) in [7, 11) is 0. The van der Waals surface area contributed by atoms with Crippen LogP contribution in [0.1, 0.15) is 25.6 Å². The molecule has 5 heteroatoms. The molecule has 0 radical (unpaired) electrons. The number of thiophene rings is 1. The van der Waals surface area contributed by atoms with Crippen LogP contribution in [0.3, 0.4) is 0 Å². The fourth-order valence-electron chi connectivity index (χ4n) is 2.08. The zero-order chi connectivity index (χ0) is 14.3. The van der Waals surface area contributed by atoms with Crippen molar-refractivity contribution in [1.82, 2.24) is 9.97 Å². The molecule has 0 spiro atoms. The Morgan fingerprint density at radius 3 is 2.60 bits per heavy atom. The van der Waals surface area contributed by atoms with Crippen LogP contribution >= 0.6 is 22.9 Å². The number of rotatable bonds is 2. The molecule has 0 unspecified atom stereocenters. The highest BCUT2D eigenvalue weighted by Gasteiger charge is 2.13. The lowest BCUT2D eigenvalue weighted by molar-refractivity contribution is 0.778.